The molecule has 0 unspecified atom stereocenters. The van der Waals surface area contributed by atoms with Gasteiger partial charge in [-0.25, -0.2) is 27.1 Å². The number of hydrogen-bond acceptors (Lipinski definition) is 10. The maximum atomic E-state index is 12.0. The molecule has 0 aliphatic rings. The lowest BCUT2D eigenvalue weighted by Crippen LogP contribution is -2.17. The van der Waals surface area contributed by atoms with E-state index >= 15 is 0 Å². The average molecular weight is 483 g/mol. The maximum Gasteiger partial charge on any atom is 0.240 e. The van der Waals surface area contributed by atoms with Crippen LogP contribution in [0.3, 0.4) is 0 Å². The third-order valence-electron chi connectivity index (χ3n) is 3.32. The molecule has 2 aromatic carbocycles. The molecule has 3 rings (SSSR count). The lowest BCUT2D eigenvalue weighted by atomic mass is 10.2. The number of halogens is 2. The van der Waals surface area contributed by atoms with E-state index in [-0.39, 0.29) is 38.2 Å². The Bertz CT molecular complexity index is 1330. The molecule has 0 fully saturated rings. The smallest absolute Gasteiger partial charge is 0.240 e. The van der Waals surface area contributed by atoms with E-state index in [9.17, 15) is 21.9 Å². The molecule has 148 valence electrons. The van der Waals surface area contributed by atoms with Crippen LogP contribution >= 0.6 is 34.9 Å². The lowest BCUT2D eigenvalue weighted by Gasteiger charge is -2.07. The van der Waals surface area contributed by atoms with Gasteiger partial charge in [0.2, 0.25) is 20.0 Å². The van der Waals surface area contributed by atoms with Crippen molar-refractivity contribution >= 4 is 77.4 Å². The van der Waals surface area contributed by atoms with Crippen LogP contribution in [0.25, 0.3) is 11.0 Å². The minimum absolute atomic E-state index is 0.0695. The first kappa shape index (κ1) is 20.8. The number of azo groups is 1. The Morgan fingerprint density at radius 3 is 1.96 bits per heavy atom. The molecule has 16 heteroatoms. The van der Waals surface area contributed by atoms with Gasteiger partial charge in [0.05, 0.1) is 27.5 Å². The zero-order chi connectivity index (χ0) is 20.9. The van der Waals surface area contributed by atoms with Gasteiger partial charge in [0, 0.05) is 0 Å². The molecule has 5 N–H and O–H groups in total. The van der Waals surface area contributed by atoms with Gasteiger partial charge >= 0.3 is 0 Å². The van der Waals surface area contributed by atoms with Crippen molar-refractivity contribution in [3.63, 3.8) is 0 Å². The molecule has 11 nitrogen and oxygen atoms in total. The number of phenolic OH excluding ortho intramolecular Hbond substituents is 1. The molecule has 3 aromatic rings. The number of nitrogens with two attached hydrogens (primary N) is 2. The minimum atomic E-state index is -4.44. The fraction of sp³-hybridized carbons (Fsp3) is 0. The largest absolute Gasteiger partial charge is 0.505 e. The normalized spacial score (nSPS) is 12.9. The number of fused-ring (bicyclic) bond motifs is 1. The molecule has 0 saturated heterocycles. The van der Waals surface area contributed by atoms with E-state index in [1.807, 2.05) is 0 Å². The SMILES string of the molecule is NS(=O)(=O)c1cc(S(N)(=O)=O)c2nsnc2c1/N=N/c1cc(Cl)c(O)c(Cl)c1. The summed E-state index contributed by atoms with van der Waals surface area (Å²) >= 11 is 12.2. The number of aromatic hydroxyl groups is 1. The number of rotatable bonds is 4. The number of nitrogens with zero attached hydrogens (tertiary/aromatic N) is 4. The van der Waals surface area contributed by atoms with Gasteiger partial charge in [-0.3, -0.25) is 0 Å². The molecule has 0 aliphatic heterocycles. The van der Waals surface area contributed by atoms with Crippen molar-refractivity contribution < 1.29 is 21.9 Å². The topological polar surface area (TPSA) is 191 Å². The van der Waals surface area contributed by atoms with E-state index in [4.69, 9.17) is 33.5 Å². The Labute approximate surface area is 172 Å². The molecule has 0 amide bonds. The Hall–Kier alpha value is -1.94. The van der Waals surface area contributed by atoms with Gasteiger partial charge in [0.25, 0.3) is 0 Å². The minimum Gasteiger partial charge on any atom is -0.505 e. The first-order chi connectivity index (χ1) is 12.9. The molecular weight excluding hydrogens is 475 g/mol. The van der Waals surface area contributed by atoms with Crippen LogP contribution in [0, 0.1) is 0 Å². The zero-order valence-electron chi connectivity index (χ0n) is 13.2. The monoisotopic (exact) mass is 482 g/mol. The fourth-order valence-electron chi connectivity index (χ4n) is 2.13. The van der Waals surface area contributed by atoms with Crippen molar-refractivity contribution in [1.82, 2.24) is 8.75 Å². The highest BCUT2D eigenvalue weighted by Gasteiger charge is 2.26. The Kier molecular flexibility index (Phi) is 5.30. The van der Waals surface area contributed by atoms with Gasteiger partial charge in [-0.1, -0.05) is 23.2 Å². The standard InChI is InChI=1S/C12H8Cl2N6O5S3/c13-5-1-4(2-6(14)12(5)21)17-18-9-7(27(15,22)23)3-8(28(16,24)25)10-11(9)20-26-19-10/h1-3,21H,(H2,15,22,23)(H2,16,24,25)/b18-17+. The van der Waals surface area contributed by atoms with Gasteiger partial charge in [-0.15, -0.1) is 5.11 Å². The van der Waals surface area contributed by atoms with Gasteiger partial charge < -0.3 is 5.11 Å². The average Bonchev–Trinajstić information content (AvgIpc) is 3.04. The van der Waals surface area contributed by atoms with Gasteiger partial charge in [0.1, 0.15) is 26.5 Å². The molecule has 0 atom stereocenters. The third kappa shape index (κ3) is 3.93. The molecule has 0 spiro atoms. The Balaban J connectivity index is 2.31. The van der Waals surface area contributed by atoms with Crippen LogP contribution in [0.2, 0.25) is 10.0 Å². The predicted molar refractivity (Wildman–Crippen MR) is 102 cm³/mol. The van der Waals surface area contributed by atoms with E-state index in [0.717, 1.165) is 6.07 Å². The van der Waals surface area contributed by atoms with E-state index in [1.165, 1.54) is 12.1 Å². The van der Waals surface area contributed by atoms with Crippen LogP contribution in [0.4, 0.5) is 11.4 Å². The molecule has 0 aliphatic carbocycles. The van der Waals surface area contributed by atoms with Crippen LogP contribution in [0.5, 0.6) is 5.75 Å². The molecule has 1 heterocycles. The second-order valence-electron chi connectivity index (χ2n) is 5.23. The van der Waals surface area contributed by atoms with Gasteiger partial charge in [0.15, 0.2) is 5.75 Å². The van der Waals surface area contributed by atoms with Crippen molar-refractivity contribution in [2.24, 2.45) is 20.5 Å². The predicted octanol–water partition coefficient (Wildman–Crippen LogP) is 2.41. The van der Waals surface area contributed by atoms with Crippen molar-refractivity contribution in [3.05, 3.63) is 28.2 Å². The maximum absolute atomic E-state index is 12.0. The van der Waals surface area contributed by atoms with E-state index < -0.39 is 29.8 Å². The molecule has 1 aromatic heterocycles. The molecule has 0 saturated carbocycles. The van der Waals surface area contributed by atoms with Crippen molar-refractivity contribution in [1.29, 1.82) is 0 Å². The summed E-state index contributed by atoms with van der Waals surface area (Å²) in [7, 11) is -8.77. The third-order valence-corrected chi connectivity index (χ3v) is 6.28. The Morgan fingerprint density at radius 2 is 1.43 bits per heavy atom. The van der Waals surface area contributed by atoms with Gasteiger partial charge in [-0.2, -0.15) is 13.9 Å². The first-order valence-electron chi connectivity index (χ1n) is 6.84. The summed E-state index contributed by atoms with van der Waals surface area (Å²) in [6.45, 7) is 0. The quantitative estimate of drug-likeness (QED) is 0.474. The first-order valence-corrected chi connectivity index (χ1v) is 11.4. The summed E-state index contributed by atoms with van der Waals surface area (Å²) < 4.78 is 55.2. The Morgan fingerprint density at radius 1 is 0.893 bits per heavy atom. The van der Waals surface area contributed by atoms with Crippen LogP contribution in [0.15, 0.2) is 38.2 Å². The fourth-order valence-corrected chi connectivity index (χ4v) is 4.68. The van der Waals surface area contributed by atoms with Crippen molar-refractivity contribution in [3.8, 4) is 5.75 Å². The summed E-state index contributed by atoms with van der Waals surface area (Å²) in [5.74, 6) is -0.365. The number of benzene rings is 2. The molecule has 0 bridgehead atoms. The molecule has 28 heavy (non-hydrogen) atoms. The van der Waals surface area contributed by atoms with E-state index in [1.54, 1.807) is 0 Å². The summed E-state index contributed by atoms with van der Waals surface area (Å²) in [6.07, 6.45) is 0. The summed E-state index contributed by atoms with van der Waals surface area (Å²) in [4.78, 5) is -1.24. The van der Waals surface area contributed by atoms with Crippen molar-refractivity contribution in [2.45, 2.75) is 9.79 Å². The second-order valence-corrected chi connectivity index (χ2v) is 9.63. The summed E-state index contributed by atoms with van der Waals surface area (Å²) in [5.41, 5.74) is -0.644. The van der Waals surface area contributed by atoms with Crippen LogP contribution in [-0.4, -0.2) is 30.7 Å². The highest BCUT2D eigenvalue weighted by molar-refractivity contribution is 7.90. The zero-order valence-corrected chi connectivity index (χ0v) is 17.2. The number of phenols is 1. The lowest BCUT2D eigenvalue weighted by molar-refractivity contribution is 0.476. The highest BCUT2D eigenvalue weighted by Crippen LogP contribution is 2.39. The number of primary sulfonamides is 2. The summed E-state index contributed by atoms with van der Waals surface area (Å²) in [6, 6.07) is 3.18. The van der Waals surface area contributed by atoms with E-state index in [2.05, 4.69) is 19.0 Å². The summed E-state index contributed by atoms with van der Waals surface area (Å²) in [5, 5.41) is 27.3. The van der Waals surface area contributed by atoms with Gasteiger partial charge in [-0.05, 0) is 18.2 Å². The number of sulfonamides is 2. The van der Waals surface area contributed by atoms with Crippen LogP contribution in [-0.2, 0) is 20.0 Å². The highest BCUT2D eigenvalue weighted by atomic mass is 35.5. The molecule has 0 radical (unpaired) electrons. The van der Waals surface area contributed by atoms with Crippen molar-refractivity contribution in [2.75, 3.05) is 0 Å². The van der Waals surface area contributed by atoms with E-state index in [0.29, 0.717) is 11.7 Å². The van der Waals surface area contributed by atoms with Crippen LogP contribution < -0.4 is 10.3 Å². The number of aromatic nitrogens is 2. The number of hydrogen-bond donors (Lipinski definition) is 3. The van der Waals surface area contributed by atoms with Crippen LogP contribution in [0.1, 0.15) is 0 Å². The second kappa shape index (κ2) is 7.14. The molecular formula is C12H8Cl2N6O5S3.